The van der Waals surface area contributed by atoms with E-state index in [9.17, 15) is 4.39 Å². The molecule has 0 radical (unpaired) electrons. The van der Waals surface area contributed by atoms with Crippen LogP contribution in [-0.4, -0.2) is 12.8 Å². The Bertz CT molecular complexity index is 583. The summed E-state index contributed by atoms with van der Waals surface area (Å²) in [5.74, 6) is 0.662. The molecule has 0 aliphatic carbocycles. The lowest BCUT2D eigenvalue weighted by molar-refractivity contribution is 0.600. The van der Waals surface area contributed by atoms with Crippen LogP contribution in [0.5, 0.6) is 0 Å². The third-order valence-corrected chi connectivity index (χ3v) is 4.75. The molecule has 0 aliphatic heterocycles. The van der Waals surface area contributed by atoms with E-state index in [-0.39, 0.29) is 11.9 Å². The van der Waals surface area contributed by atoms with Crippen LogP contribution < -0.4 is 5.32 Å². The van der Waals surface area contributed by atoms with Crippen LogP contribution >= 0.6 is 11.8 Å². The fraction of sp³-hybridized carbons (Fsp3) is 0.294. The maximum Gasteiger partial charge on any atom is 0.136 e. The van der Waals surface area contributed by atoms with Crippen molar-refractivity contribution >= 4 is 11.8 Å². The van der Waals surface area contributed by atoms with Crippen LogP contribution in [0.25, 0.3) is 0 Å². The maximum atomic E-state index is 13.6. The van der Waals surface area contributed by atoms with Gasteiger partial charge in [-0.2, -0.15) is 0 Å². The van der Waals surface area contributed by atoms with Crippen molar-refractivity contribution < 1.29 is 4.39 Å². The molecule has 0 aliphatic rings. The van der Waals surface area contributed by atoms with Crippen molar-refractivity contribution in [3.05, 3.63) is 65.0 Å². The van der Waals surface area contributed by atoms with Crippen molar-refractivity contribution in [2.45, 2.75) is 24.8 Å². The number of aryl methyl sites for hydroxylation is 1. The van der Waals surface area contributed by atoms with Gasteiger partial charge in [0, 0.05) is 16.7 Å². The van der Waals surface area contributed by atoms with Crippen LogP contribution in [0, 0.1) is 19.7 Å². The normalized spacial score (nSPS) is 12.4. The molecule has 0 saturated carbocycles. The third-order valence-electron chi connectivity index (χ3n) is 3.61. The van der Waals surface area contributed by atoms with E-state index in [0.29, 0.717) is 4.90 Å². The molecule has 0 aromatic heterocycles. The molecule has 2 aromatic carbocycles. The number of benzene rings is 2. The van der Waals surface area contributed by atoms with Crippen LogP contribution in [-0.2, 0) is 0 Å². The Hall–Kier alpha value is -1.32. The van der Waals surface area contributed by atoms with Crippen molar-refractivity contribution in [2.75, 3.05) is 12.8 Å². The van der Waals surface area contributed by atoms with Gasteiger partial charge in [0.05, 0.1) is 0 Å². The van der Waals surface area contributed by atoms with Crippen LogP contribution in [0.2, 0.25) is 0 Å². The van der Waals surface area contributed by atoms with Crippen LogP contribution in [0.4, 0.5) is 4.39 Å². The highest BCUT2D eigenvalue weighted by Crippen LogP contribution is 2.28. The van der Waals surface area contributed by atoms with Crippen molar-refractivity contribution in [1.29, 1.82) is 0 Å². The second kappa shape index (κ2) is 6.91. The predicted molar refractivity (Wildman–Crippen MR) is 84.8 cm³/mol. The van der Waals surface area contributed by atoms with Crippen molar-refractivity contribution in [3.63, 3.8) is 0 Å². The highest BCUT2D eigenvalue weighted by atomic mass is 32.2. The zero-order valence-corrected chi connectivity index (χ0v) is 12.9. The van der Waals surface area contributed by atoms with Gasteiger partial charge in [0.15, 0.2) is 0 Å². The first-order valence-corrected chi connectivity index (χ1v) is 7.72. The van der Waals surface area contributed by atoms with Gasteiger partial charge in [0.25, 0.3) is 0 Å². The number of hydrogen-bond donors (Lipinski definition) is 1. The van der Waals surface area contributed by atoms with E-state index in [0.717, 1.165) is 5.75 Å². The van der Waals surface area contributed by atoms with Gasteiger partial charge in [-0.25, -0.2) is 4.39 Å². The van der Waals surface area contributed by atoms with E-state index in [1.165, 1.54) is 22.8 Å². The van der Waals surface area contributed by atoms with Crippen LogP contribution in [0.3, 0.4) is 0 Å². The lowest BCUT2D eigenvalue weighted by atomic mass is 9.98. The highest BCUT2D eigenvalue weighted by molar-refractivity contribution is 7.99. The summed E-state index contributed by atoms with van der Waals surface area (Å²) in [7, 11) is 1.95. The Morgan fingerprint density at radius 3 is 2.55 bits per heavy atom. The first-order valence-electron chi connectivity index (χ1n) is 6.74. The second-order valence-corrected chi connectivity index (χ2v) is 5.93. The SMILES string of the molecule is CNC(CSc1ccccc1F)c1cccc(C)c1C. The number of rotatable bonds is 5. The molecule has 1 N–H and O–H groups in total. The molecule has 20 heavy (non-hydrogen) atoms. The molecule has 1 nitrogen and oxygen atoms in total. The molecule has 1 unspecified atom stereocenters. The Balaban J connectivity index is 2.14. The van der Waals surface area contributed by atoms with E-state index < -0.39 is 0 Å². The minimum absolute atomic E-state index is 0.145. The Labute approximate surface area is 124 Å². The van der Waals surface area contributed by atoms with E-state index >= 15 is 0 Å². The van der Waals surface area contributed by atoms with Crippen molar-refractivity contribution in [2.24, 2.45) is 0 Å². The van der Waals surface area contributed by atoms with Crippen molar-refractivity contribution in [3.8, 4) is 0 Å². The van der Waals surface area contributed by atoms with E-state index in [2.05, 4.69) is 37.4 Å². The zero-order chi connectivity index (χ0) is 14.5. The molecule has 0 bridgehead atoms. The summed E-state index contributed by atoms with van der Waals surface area (Å²) >= 11 is 1.55. The first kappa shape index (κ1) is 15.1. The standard InChI is InChI=1S/C17H20FNS/c1-12-7-6-8-14(13(12)2)16(19-3)11-20-17-10-5-4-9-15(17)18/h4-10,16,19H,11H2,1-3H3. The van der Waals surface area contributed by atoms with E-state index in [4.69, 9.17) is 0 Å². The third kappa shape index (κ3) is 3.41. The number of nitrogens with one attached hydrogen (secondary N) is 1. The minimum Gasteiger partial charge on any atom is -0.312 e. The van der Waals surface area contributed by atoms with Gasteiger partial charge in [0.1, 0.15) is 5.82 Å². The molecule has 0 fully saturated rings. The van der Waals surface area contributed by atoms with Gasteiger partial charge < -0.3 is 5.32 Å². The van der Waals surface area contributed by atoms with Gasteiger partial charge in [0.2, 0.25) is 0 Å². The predicted octanol–water partition coefficient (Wildman–Crippen LogP) is 4.50. The van der Waals surface area contributed by atoms with Gasteiger partial charge in [-0.05, 0) is 49.7 Å². The number of thioether (sulfide) groups is 1. The number of halogens is 1. The largest absolute Gasteiger partial charge is 0.312 e. The molecular weight excluding hydrogens is 269 g/mol. The second-order valence-electron chi connectivity index (χ2n) is 4.87. The van der Waals surface area contributed by atoms with Gasteiger partial charge in [-0.15, -0.1) is 11.8 Å². The maximum absolute atomic E-state index is 13.6. The van der Waals surface area contributed by atoms with Gasteiger partial charge >= 0.3 is 0 Å². The molecule has 0 amide bonds. The fourth-order valence-corrected chi connectivity index (χ4v) is 3.29. The van der Waals surface area contributed by atoms with Crippen LogP contribution in [0.15, 0.2) is 47.4 Å². The average molecular weight is 289 g/mol. The summed E-state index contributed by atoms with van der Waals surface area (Å²) in [5, 5.41) is 3.33. The smallest absolute Gasteiger partial charge is 0.136 e. The summed E-state index contributed by atoms with van der Waals surface area (Å²) in [5.41, 5.74) is 3.89. The van der Waals surface area contributed by atoms with E-state index in [1.807, 2.05) is 19.2 Å². The lowest BCUT2D eigenvalue weighted by Crippen LogP contribution is -2.20. The molecular formula is C17H20FNS. The Morgan fingerprint density at radius 2 is 1.85 bits per heavy atom. The highest BCUT2D eigenvalue weighted by Gasteiger charge is 2.14. The molecule has 2 rings (SSSR count). The van der Waals surface area contributed by atoms with E-state index in [1.54, 1.807) is 17.8 Å². The molecule has 0 saturated heterocycles. The molecule has 0 spiro atoms. The summed E-state index contributed by atoms with van der Waals surface area (Å²) < 4.78 is 13.6. The number of hydrogen-bond acceptors (Lipinski definition) is 2. The summed E-state index contributed by atoms with van der Waals surface area (Å²) in [6, 6.07) is 13.5. The quantitative estimate of drug-likeness (QED) is 0.814. The van der Waals surface area contributed by atoms with Gasteiger partial charge in [-0.3, -0.25) is 0 Å². The minimum atomic E-state index is -0.145. The van der Waals surface area contributed by atoms with Gasteiger partial charge in [-0.1, -0.05) is 30.3 Å². The fourth-order valence-electron chi connectivity index (χ4n) is 2.21. The Morgan fingerprint density at radius 1 is 1.10 bits per heavy atom. The Kier molecular flexibility index (Phi) is 5.21. The van der Waals surface area contributed by atoms with Crippen molar-refractivity contribution in [1.82, 2.24) is 5.32 Å². The summed E-state index contributed by atoms with van der Waals surface area (Å²) in [6.07, 6.45) is 0. The summed E-state index contributed by atoms with van der Waals surface area (Å²) in [4.78, 5) is 0.707. The average Bonchev–Trinajstić information content (AvgIpc) is 2.45. The molecule has 3 heteroatoms. The lowest BCUT2D eigenvalue weighted by Gasteiger charge is -2.19. The molecule has 2 aromatic rings. The molecule has 1 atom stereocenters. The summed E-state index contributed by atoms with van der Waals surface area (Å²) in [6.45, 7) is 4.26. The molecule has 106 valence electrons. The monoisotopic (exact) mass is 289 g/mol. The molecule has 0 heterocycles. The van der Waals surface area contributed by atoms with Crippen LogP contribution in [0.1, 0.15) is 22.7 Å². The zero-order valence-electron chi connectivity index (χ0n) is 12.1. The first-order chi connectivity index (χ1) is 9.63. The topological polar surface area (TPSA) is 12.0 Å².